The lowest BCUT2D eigenvalue weighted by Gasteiger charge is -2.07. The van der Waals surface area contributed by atoms with Crippen molar-refractivity contribution in [1.82, 2.24) is 5.32 Å². The molecular weight excluding hydrogens is 194 g/mol. The summed E-state index contributed by atoms with van der Waals surface area (Å²) in [5.41, 5.74) is 1.68. The van der Waals surface area contributed by atoms with Gasteiger partial charge >= 0.3 is 0 Å². The van der Waals surface area contributed by atoms with E-state index in [2.05, 4.69) is 25.2 Å². The summed E-state index contributed by atoms with van der Waals surface area (Å²) in [6.45, 7) is 5.46. The highest BCUT2D eigenvalue weighted by Gasteiger charge is 2.44. The predicted octanol–water partition coefficient (Wildman–Crippen LogP) is 3.23. The van der Waals surface area contributed by atoms with E-state index in [1.165, 1.54) is 12.0 Å². The quantitative estimate of drug-likeness (QED) is 0.806. The lowest BCUT2D eigenvalue weighted by Crippen LogP contribution is -2.20. The van der Waals surface area contributed by atoms with Crippen LogP contribution in [-0.4, -0.2) is 6.04 Å². The van der Waals surface area contributed by atoms with Crippen molar-refractivity contribution in [2.75, 3.05) is 0 Å². The number of benzene rings is 1. The molecule has 1 N–H and O–H groups in total. The first kappa shape index (κ1) is 10.0. The number of hydrogen-bond donors (Lipinski definition) is 1. The maximum Gasteiger partial charge on any atom is 0.0450 e. The Balaban J connectivity index is 1.90. The smallest absolute Gasteiger partial charge is 0.0450 e. The van der Waals surface area contributed by atoms with Gasteiger partial charge in [-0.05, 0) is 23.5 Å². The molecule has 0 saturated heterocycles. The topological polar surface area (TPSA) is 12.0 Å². The van der Waals surface area contributed by atoms with Gasteiger partial charge in [0.2, 0.25) is 0 Å². The average molecular weight is 210 g/mol. The van der Waals surface area contributed by atoms with Crippen LogP contribution in [0.4, 0.5) is 0 Å². The Morgan fingerprint density at radius 2 is 2.07 bits per heavy atom. The van der Waals surface area contributed by atoms with Gasteiger partial charge in [-0.2, -0.15) is 0 Å². The molecule has 1 saturated carbocycles. The SMILES string of the molecule is CC1(C)CC1NCc1ccccc1Cl. The fraction of sp³-hybridized carbons (Fsp3) is 0.500. The molecule has 0 amide bonds. The Bertz CT molecular complexity index is 333. The van der Waals surface area contributed by atoms with Crippen molar-refractivity contribution < 1.29 is 0 Å². The molecule has 14 heavy (non-hydrogen) atoms. The fourth-order valence-electron chi connectivity index (χ4n) is 1.69. The van der Waals surface area contributed by atoms with Gasteiger partial charge in [0, 0.05) is 17.6 Å². The summed E-state index contributed by atoms with van der Waals surface area (Å²) in [6, 6.07) is 8.67. The largest absolute Gasteiger partial charge is 0.309 e. The molecule has 1 fully saturated rings. The van der Waals surface area contributed by atoms with Gasteiger partial charge < -0.3 is 5.32 Å². The zero-order valence-corrected chi connectivity index (χ0v) is 9.43. The highest BCUT2D eigenvalue weighted by molar-refractivity contribution is 6.31. The summed E-state index contributed by atoms with van der Waals surface area (Å²) < 4.78 is 0. The van der Waals surface area contributed by atoms with Gasteiger partial charge in [0.05, 0.1) is 0 Å². The maximum absolute atomic E-state index is 6.06. The Kier molecular flexibility index (Phi) is 2.54. The first-order valence-electron chi connectivity index (χ1n) is 5.06. The van der Waals surface area contributed by atoms with Crippen molar-refractivity contribution in [2.45, 2.75) is 32.9 Å². The number of halogens is 1. The van der Waals surface area contributed by atoms with Crippen LogP contribution in [0.5, 0.6) is 0 Å². The van der Waals surface area contributed by atoms with Crippen LogP contribution >= 0.6 is 11.6 Å². The third-order valence-electron chi connectivity index (χ3n) is 3.01. The molecule has 0 bridgehead atoms. The average Bonchev–Trinajstić information content (AvgIpc) is 2.73. The molecule has 1 aliphatic carbocycles. The van der Waals surface area contributed by atoms with Crippen LogP contribution in [0.2, 0.25) is 5.02 Å². The molecule has 2 rings (SSSR count). The molecule has 0 aromatic heterocycles. The Labute approximate surface area is 90.5 Å². The van der Waals surface area contributed by atoms with Crippen LogP contribution in [0.15, 0.2) is 24.3 Å². The summed E-state index contributed by atoms with van der Waals surface area (Å²) in [5, 5.41) is 4.38. The second-order valence-electron chi connectivity index (χ2n) is 4.72. The molecule has 0 heterocycles. The van der Waals surface area contributed by atoms with Crippen molar-refractivity contribution in [3.63, 3.8) is 0 Å². The van der Waals surface area contributed by atoms with Crippen LogP contribution < -0.4 is 5.32 Å². The van der Waals surface area contributed by atoms with Crippen LogP contribution in [0.1, 0.15) is 25.8 Å². The molecule has 0 aliphatic heterocycles. The Morgan fingerprint density at radius 1 is 1.43 bits per heavy atom. The van der Waals surface area contributed by atoms with Gasteiger partial charge in [-0.25, -0.2) is 0 Å². The minimum absolute atomic E-state index is 0.487. The van der Waals surface area contributed by atoms with Gasteiger partial charge in [-0.3, -0.25) is 0 Å². The number of hydrogen-bond acceptors (Lipinski definition) is 1. The van der Waals surface area contributed by atoms with E-state index in [0.29, 0.717) is 11.5 Å². The minimum atomic E-state index is 0.487. The summed E-state index contributed by atoms with van der Waals surface area (Å²) in [4.78, 5) is 0. The van der Waals surface area contributed by atoms with Crippen LogP contribution in [-0.2, 0) is 6.54 Å². The maximum atomic E-state index is 6.06. The van der Waals surface area contributed by atoms with E-state index in [9.17, 15) is 0 Å². The zero-order valence-electron chi connectivity index (χ0n) is 8.68. The first-order chi connectivity index (χ1) is 6.59. The van der Waals surface area contributed by atoms with E-state index >= 15 is 0 Å². The molecule has 1 atom stereocenters. The standard InChI is InChI=1S/C12H16ClN/c1-12(2)7-11(12)14-8-9-5-3-4-6-10(9)13/h3-6,11,14H,7-8H2,1-2H3. The van der Waals surface area contributed by atoms with Crippen molar-refractivity contribution in [3.8, 4) is 0 Å². The van der Waals surface area contributed by atoms with E-state index in [4.69, 9.17) is 11.6 Å². The van der Waals surface area contributed by atoms with Crippen LogP contribution in [0.3, 0.4) is 0 Å². The lowest BCUT2D eigenvalue weighted by atomic mass is 10.2. The van der Waals surface area contributed by atoms with E-state index in [0.717, 1.165) is 11.6 Å². The van der Waals surface area contributed by atoms with Gasteiger partial charge in [0.1, 0.15) is 0 Å². The molecular formula is C12H16ClN. The highest BCUT2D eigenvalue weighted by atomic mass is 35.5. The summed E-state index contributed by atoms with van der Waals surface area (Å²) in [7, 11) is 0. The third-order valence-corrected chi connectivity index (χ3v) is 3.38. The molecule has 1 aliphatic rings. The van der Waals surface area contributed by atoms with E-state index in [1.807, 2.05) is 18.2 Å². The second-order valence-corrected chi connectivity index (χ2v) is 5.12. The van der Waals surface area contributed by atoms with Crippen molar-refractivity contribution >= 4 is 11.6 Å². The molecule has 1 aromatic carbocycles. The molecule has 2 heteroatoms. The highest BCUT2D eigenvalue weighted by Crippen LogP contribution is 2.44. The molecule has 0 radical (unpaired) electrons. The molecule has 1 unspecified atom stereocenters. The molecule has 1 aromatic rings. The van der Waals surface area contributed by atoms with Gasteiger partial charge in [-0.1, -0.05) is 43.6 Å². The minimum Gasteiger partial charge on any atom is -0.309 e. The van der Waals surface area contributed by atoms with Gasteiger partial charge in [0.25, 0.3) is 0 Å². The summed E-state index contributed by atoms with van der Waals surface area (Å²) >= 11 is 6.06. The monoisotopic (exact) mass is 209 g/mol. The Morgan fingerprint density at radius 3 is 2.64 bits per heavy atom. The van der Waals surface area contributed by atoms with Crippen molar-refractivity contribution in [1.29, 1.82) is 0 Å². The van der Waals surface area contributed by atoms with Crippen molar-refractivity contribution in [3.05, 3.63) is 34.9 Å². The third kappa shape index (κ3) is 2.10. The zero-order chi connectivity index (χ0) is 10.2. The van der Waals surface area contributed by atoms with E-state index in [1.54, 1.807) is 0 Å². The molecule has 1 nitrogen and oxygen atoms in total. The second kappa shape index (κ2) is 3.56. The molecule has 0 spiro atoms. The van der Waals surface area contributed by atoms with Crippen LogP contribution in [0, 0.1) is 5.41 Å². The Hall–Kier alpha value is -0.530. The number of nitrogens with one attached hydrogen (secondary N) is 1. The normalized spacial score (nSPS) is 23.5. The first-order valence-corrected chi connectivity index (χ1v) is 5.44. The number of rotatable bonds is 3. The fourth-order valence-corrected chi connectivity index (χ4v) is 1.89. The predicted molar refractivity (Wildman–Crippen MR) is 60.5 cm³/mol. The summed E-state index contributed by atoms with van der Waals surface area (Å²) in [5.74, 6) is 0. The molecule has 76 valence electrons. The van der Waals surface area contributed by atoms with Gasteiger partial charge in [0.15, 0.2) is 0 Å². The lowest BCUT2D eigenvalue weighted by molar-refractivity contribution is 0.542. The van der Waals surface area contributed by atoms with Gasteiger partial charge in [-0.15, -0.1) is 0 Å². The van der Waals surface area contributed by atoms with E-state index < -0.39 is 0 Å². The van der Waals surface area contributed by atoms with Crippen molar-refractivity contribution in [2.24, 2.45) is 5.41 Å². The van der Waals surface area contributed by atoms with E-state index in [-0.39, 0.29) is 0 Å². The van der Waals surface area contributed by atoms with Crippen LogP contribution in [0.25, 0.3) is 0 Å². The summed E-state index contributed by atoms with van der Waals surface area (Å²) in [6.07, 6.45) is 1.28.